The van der Waals surface area contributed by atoms with Crippen molar-refractivity contribution in [1.82, 2.24) is 0 Å². The molecule has 0 saturated carbocycles. The fourth-order valence-electron chi connectivity index (χ4n) is 1.97. The minimum atomic E-state index is 0.650. The zero-order valence-electron chi connectivity index (χ0n) is 11.0. The Morgan fingerprint density at radius 1 is 1.11 bits per heavy atom. The molecule has 0 fully saturated rings. The van der Waals surface area contributed by atoms with E-state index in [2.05, 4.69) is 35.0 Å². The monoisotopic (exact) mass is 319 g/mol. The Bertz CT molecular complexity index is 554. The van der Waals surface area contributed by atoms with E-state index in [0.717, 1.165) is 28.8 Å². The lowest BCUT2D eigenvalue weighted by Gasteiger charge is -2.11. The third-order valence-electron chi connectivity index (χ3n) is 3.02. The van der Waals surface area contributed by atoms with Crippen molar-refractivity contribution in [2.45, 2.75) is 19.8 Å². The molecular weight excluding hydrogens is 302 g/mol. The number of nitrogens with two attached hydrogens (primary N) is 1. The normalized spacial score (nSPS) is 10.5. The number of aryl methyl sites for hydroxylation is 1. The van der Waals surface area contributed by atoms with Gasteiger partial charge in [0.05, 0.1) is 0 Å². The Kier molecular flexibility index (Phi) is 5.00. The number of halogens is 1. The summed E-state index contributed by atoms with van der Waals surface area (Å²) in [5.74, 6) is 1.76. The van der Waals surface area contributed by atoms with Crippen molar-refractivity contribution in [1.29, 1.82) is 0 Å². The van der Waals surface area contributed by atoms with Crippen LogP contribution in [0.1, 0.15) is 18.1 Å². The van der Waals surface area contributed by atoms with E-state index < -0.39 is 0 Å². The molecule has 0 bridgehead atoms. The van der Waals surface area contributed by atoms with Gasteiger partial charge in [0.2, 0.25) is 0 Å². The van der Waals surface area contributed by atoms with Crippen molar-refractivity contribution in [2.75, 3.05) is 6.54 Å². The Morgan fingerprint density at radius 2 is 1.89 bits per heavy atom. The molecule has 0 heterocycles. The lowest BCUT2D eigenvalue weighted by molar-refractivity contribution is 0.476. The van der Waals surface area contributed by atoms with Crippen molar-refractivity contribution in [3.63, 3.8) is 0 Å². The van der Waals surface area contributed by atoms with E-state index in [9.17, 15) is 0 Å². The molecule has 19 heavy (non-hydrogen) atoms. The third kappa shape index (κ3) is 3.58. The smallest absolute Gasteiger partial charge is 0.130 e. The molecule has 2 N–H and O–H groups in total. The van der Waals surface area contributed by atoms with Gasteiger partial charge in [0, 0.05) is 4.47 Å². The molecular formula is C16H18BrNO. The van der Waals surface area contributed by atoms with E-state index in [1.807, 2.05) is 30.3 Å². The van der Waals surface area contributed by atoms with Crippen LogP contribution in [0.25, 0.3) is 0 Å². The Labute approximate surface area is 122 Å². The Hall–Kier alpha value is -1.32. The van der Waals surface area contributed by atoms with Gasteiger partial charge in [-0.15, -0.1) is 0 Å². The predicted octanol–water partition coefficient (Wildman–Crippen LogP) is 4.31. The van der Waals surface area contributed by atoms with Gasteiger partial charge in [-0.1, -0.05) is 47.1 Å². The molecule has 0 atom stereocenters. The molecule has 2 aromatic carbocycles. The standard InChI is InChI=1S/C16H18BrNO/c1-2-12-5-3-4-6-16(12)19-14-8-7-13(9-10-18)15(17)11-14/h3-8,11H,2,9-10,18H2,1H3. The number of benzene rings is 2. The minimum Gasteiger partial charge on any atom is -0.457 e. The van der Waals surface area contributed by atoms with Crippen LogP contribution in [0.5, 0.6) is 11.5 Å². The van der Waals surface area contributed by atoms with Crippen LogP contribution in [0.2, 0.25) is 0 Å². The highest BCUT2D eigenvalue weighted by Crippen LogP contribution is 2.29. The molecule has 2 nitrogen and oxygen atoms in total. The summed E-state index contributed by atoms with van der Waals surface area (Å²) in [6.45, 7) is 2.78. The molecule has 0 spiro atoms. The van der Waals surface area contributed by atoms with E-state index in [-0.39, 0.29) is 0 Å². The molecule has 100 valence electrons. The van der Waals surface area contributed by atoms with Crippen molar-refractivity contribution < 1.29 is 4.74 Å². The first-order valence-electron chi connectivity index (χ1n) is 6.49. The van der Waals surface area contributed by atoms with Gasteiger partial charge >= 0.3 is 0 Å². The number of ether oxygens (including phenoxy) is 1. The largest absolute Gasteiger partial charge is 0.457 e. The maximum atomic E-state index is 5.95. The van der Waals surface area contributed by atoms with Gasteiger partial charge in [0.25, 0.3) is 0 Å². The van der Waals surface area contributed by atoms with Gasteiger partial charge in [-0.2, -0.15) is 0 Å². The van der Waals surface area contributed by atoms with Crippen molar-refractivity contribution in [2.24, 2.45) is 5.73 Å². The van der Waals surface area contributed by atoms with Crippen LogP contribution >= 0.6 is 15.9 Å². The van der Waals surface area contributed by atoms with Crippen molar-refractivity contribution in [3.8, 4) is 11.5 Å². The highest BCUT2D eigenvalue weighted by Gasteiger charge is 2.05. The summed E-state index contributed by atoms with van der Waals surface area (Å²) in [4.78, 5) is 0. The number of hydrogen-bond acceptors (Lipinski definition) is 2. The topological polar surface area (TPSA) is 35.2 Å². The van der Waals surface area contributed by atoms with Crippen LogP contribution in [-0.2, 0) is 12.8 Å². The molecule has 0 radical (unpaired) electrons. The Balaban J connectivity index is 2.21. The molecule has 2 aromatic rings. The van der Waals surface area contributed by atoms with Crippen LogP contribution in [0.3, 0.4) is 0 Å². The van der Waals surface area contributed by atoms with Gasteiger partial charge in [0.15, 0.2) is 0 Å². The van der Waals surface area contributed by atoms with Gasteiger partial charge in [-0.3, -0.25) is 0 Å². The van der Waals surface area contributed by atoms with E-state index >= 15 is 0 Å². The van der Waals surface area contributed by atoms with Gasteiger partial charge in [-0.25, -0.2) is 0 Å². The molecule has 0 aliphatic rings. The lowest BCUT2D eigenvalue weighted by atomic mass is 10.1. The van der Waals surface area contributed by atoms with Crippen molar-refractivity contribution >= 4 is 15.9 Å². The summed E-state index contributed by atoms with van der Waals surface area (Å²) in [5, 5.41) is 0. The summed E-state index contributed by atoms with van der Waals surface area (Å²) in [7, 11) is 0. The first kappa shape index (κ1) is 14.1. The average molecular weight is 320 g/mol. The highest BCUT2D eigenvalue weighted by atomic mass is 79.9. The summed E-state index contributed by atoms with van der Waals surface area (Å²) in [6, 6.07) is 14.2. The molecule has 0 aliphatic carbocycles. The minimum absolute atomic E-state index is 0.650. The number of rotatable bonds is 5. The SMILES string of the molecule is CCc1ccccc1Oc1ccc(CCN)c(Br)c1. The fourth-order valence-corrected chi connectivity index (χ4v) is 2.53. The molecule has 0 aliphatic heterocycles. The molecule has 0 saturated heterocycles. The fraction of sp³-hybridized carbons (Fsp3) is 0.250. The van der Waals surface area contributed by atoms with Gasteiger partial charge in [-0.05, 0) is 48.7 Å². The second kappa shape index (κ2) is 6.73. The lowest BCUT2D eigenvalue weighted by Crippen LogP contribution is -2.03. The van der Waals surface area contributed by atoms with Crippen LogP contribution in [0.4, 0.5) is 0 Å². The van der Waals surface area contributed by atoms with E-state index in [1.165, 1.54) is 11.1 Å². The van der Waals surface area contributed by atoms with Crippen molar-refractivity contribution in [3.05, 3.63) is 58.1 Å². The van der Waals surface area contributed by atoms with Crippen LogP contribution in [0, 0.1) is 0 Å². The first-order valence-corrected chi connectivity index (χ1v) is 7.28. The molecule has 3 heteroatoms. The molecule has 0 amide bonds. The predicted molar refractivity (Wildman–Crippen MR) is 82.8 cm³/mol. The van der Waals surface area contributed by atoms with Crippen LogP contribution < -0.4 is 10.5 Å². The number of para-hydroxylation sites is 1. The summed E-state index contributed by atoms with van der Waals surface area (Å²) in [6.07, 6.45) is 1.83. The van der Waals surface area contributed by atoms with Gasteiger partial charge in [0.1, 0.15) is 11.5 Å². The quantitative estimate of drug-likeness (QED) is 0.891. The maximum absolute atomic E-state index is 5.95. The van der Waals surface area contributed by atoms with Gasteiger partial charge < -0.3 is 10.5 Å². The average Bonchev–Trinajstić information content (AvgIpc) is 2.43. The molecule has 0 unspecified atom stereocenters. The second-order valence-electron chi connectivity index (χ2n) is 4.36. The Morgan fingerprint density at radius 3 is 2.58 bits per heavy atom. The zero-order valence-corrected chi connectivity index (χ0v) is 12.6. The first-order chi connectivity index (χ1) is 9.24. The second-order valence-corrected chi connectivity index (χ2v) is 5.21. The van der Waals surface area contributed by atoms with Crippen LogP contribution in [0.15, 0.2) is 46.9 Å². The van der Waals surface area contributed by atoms with Crippen LogP contribution in [-0.4, -0.2) is 6.54 Å². The number of hydrogen-bond donors (Lipinski definition) is 1. The van der Waals surface area contributed by atoms with E-state index in [1.54, 1.807) is 0 Å². The highest BCUT2D eigenvalue weighted by molar-refractivity contribution is 9.10. The third-order valence-corrected chi connectivity index (χ3v) is 3.76. The summed E-state index contributed by atoms with van der Waals surface area (Å²) >= 11 is 3.56. The zero-order chi connectivity index (χ0) is 13.7. The van der Waals surface area contributed by atoms with E-state index in [0.29, 0.717) is 6.54 Å². The molecule has 0 aromatic heterocycles. The summed E-state index contributed by atoms with van der Waals surface area (Å²) < 4.78 is 7.00. The van der Waals surface area contributed by atoms with E-state index in [4.69, 9.17) is 10.5 Å². The summed E-state index contributed by atoms with van der Waals surface area (Å²) in [5.41, 5.74) is 8.00. The molecule has 2 rings (SSSR count). The maximum Gasteiger partial charge on any atom is 0.130 e.